The minimum Gasteiger partial charge on any atom is -0.463 e. The van der Waals surface area contributed by atoms with Crippen LogP contribution in [0.3, 0.4) is 0 Å². The van der Waals surface area contributed by atoms with E-state index in [1.54, 1.807) is 0 Å². The van der Waals surface area contributed by atoms with Crippen LogP contribution >= 0.6 is 7.82 Å². The molecule has 680 valence electrons. The number of allylic oxidation sites excluding steroid dienone is 4. The molecule has 19 atom stereocenters. The monoisotopic (exact) mass is 1680 g/mol. The Morgan fingerprint density at radius 2 is 0.698 bits per heavy atom. The summed E-state index contributed by atoms with van der Waals surface area (Å²) in [4.78, 5) is 66.4. The van der Waals surface area contributed by atoms with E-state index in [4.69, 9.17) is 46.9 Å². The highest BCUT2D eigenvalue weighted by molar-refractivity contribution is 7.47. The molecule has 2 heterocycles. The van der Waals surface area contributed by atoms with Gasteiger partial charge in [0, 0.05) is 25.7 Å². The zero-order valence-electron chi connectivity index (χ0n) is 72.5. The van der Waals surface area contributed by atoms with Crippen LogP contribution in [0.15, 0.2) is 24.3 Å². The van der Waals surface area contributed by atoms with Gasteiger partial charge in [-0.05, 0) is 83.0 Å². The number of carbonyl (C=O) groups excluding carboxylic acids is 4. The zero-order valence-corrected chi connectivity index (χ0v) is 73.4. The quantitative estimate of drug-likeness (QED) is 0.00889. The normalized spacial score (nSPS) is 25.5. The molecule has 1 saturated carbocycles. The third-order valence-corrected chi connectivity index (χ3v) is 23.8. The van der Waals surface area contributed by atoms with Crippen molar-refractivity contribution in [1.29, 1.82) is 0 Å². The Morgan fingerprint density at radius 3 is 1.13 bits per heavy atom. The average Bonchev–Trinajstić information content (AvgIpc) is 0.754. The molecule has 3 fully saturated rings. The number of ether oxygens (including phenoxy) is 8. The van der Waals surface area contributed by atoms with Gasteiger partial charge in [0.15, 0.2) is 24.8 Å². The highest BCUT2D eigenvalue weighted by Crippen LogP contribution is 2.49. The fraction of sp³-hybridized carbons (Fsp3) is 0.911. The molecule has 26 heteroatoms. The molecule has 0 aromatic heterocycles. The number of carbonyl (C=O) groups is 4. The minimum absolute atomic E-state index is 0.0156. The van der Waals surface area contributed by atoms with Crippen molar-refractivity contribution in [1.82, 2.24) is 0 Å². The molecule has 3 aliphatic rings. The summed E-state index contributed by atoms with van der Waals surface area (Å²) < 4.78 is 73.4. The lowest BCUT2D eigenvalue weighted by molar-refractivity contribution is -0.360. The lowest BCUT2D eigenvalue weighted by Crippen LogP contribution is -2.70. The summed E-state index contributed by atoms with van der Waals surface area (Å²) in [6.45, 7) is 7.88. The van der Waals surface area contributed by atoms with E-state index in [9.17, 15) is 74.6 Å². The number of phosphoric acid groups is 1. The maximum atomic E-state index is 14.9. The summed E-state index contributed by atoms with van der Waals surface area (Å²) >= 11 is 0. The third-order valence-electron chi connectivity index (χ3n) is 22.8. The first kappa shape index (κ1) is 107. The van der Waals surface area contributed by atoms with Crippen molar-refractivity contribution < 1.29 is 122 Å². The Labute approximate surface area is 698 Å². The SMILES string of the molecule is CCCCCC/C=C\CCCCCCCCCC(=O)OC1C(O)C(O)C(OC2OC(CO)C(O)C(O)C2O)C(OP(=O)(O)OCC(COC(=O)CCCCCCCCC(C)CCCCCCCC)OC(=O)CCCCC/C=C\CCCCCCCC)C1OC1OC(COC(=O)CCCCCCCCCCCCCCC)C(O)C(O)C1O. The van der Waals surface area contributed by atoms with Crippen molar-refractivity contribution in [2.24, 2.45) is 5.92 Å². The van der Waals surface area contributed by atoms with Crippen LogP contribution in [0, 0.1) is 5.92 Å². The Balaban J connectivity index is 1.93. The average molecular weight is 1680 g/mol. The fourth-order valence-electron chi connectivity index (χ4n) is 15.3. The van der Waals surface area contributed by atoms with Gasteiger partial charge in [-0.25, -0.2) is 4.57 Å². The predicted molar refractivity (Wildman–Crippen MR) is 449 cm³/mol. The van der Waals surface area contributed by atoms with Crippen LogP contribution in [0.1, 0.15) is 388 Å². The maximum Gasteiger partial charge on any atom is 0.472 e. The van der Waals surface area contributed by atoms with Crippen molar-refractivity contribution in [2.75, 3.05) is 26.4 Å². The molecule has 0 amide bonds. The second-order valence-corrected chi connectivity index (χ2v) is 34.8. The molecule has 0 aromatic rings. The first-order valence-corrected chi connectivity index (χ1v) is 48.0. The Morgan fingerprint density at radius 1 is 0.362 bits per heavy atom. The molecule has 0 aromatic carbocycles. The van der Waals surface area contributed by atoms with E-state index >= 15 is 0 Å². The van der Waals surface area contributed by atoms with Gasteiger partial charge in [-0.15, -0.1) is 0 Å². The van der Waals surface area contributed by atoms with E-state index in [1.807, 2.05) is 0 Å². The topological polar surface area (TPSA) is 380 Å². The molecule has 2 saturated heterocycles. The first-order chi connectivity index (χ1) is 56.1. The molecular formula is C90H165O25P. The van der Waals surface area contributed by atoms with Gasteiger partial charge < -0.3 is 88.7 Å². The second kappa shape index (κ2) is 68.4. The Kier molecular flexibility index (Phi) is 63.2. The molecule has 116 heavy (non-hydrogen) atoms. The molecule has 1 aliphatic carbocycles. The molecule has 25 nitrogen and oxygen atoms in total. The van der Waals surface area contributed by atoms with Gasteiger partial charge in [0.05, 0.1) is 13.2 Å². The van der Waals surface area contributed by atoms with Gasteiger partial charge in [-0.2, -0.15) is 0 Å². The highest BCUT2D eigenvalue weighted by Gasteiger charge is 2.60. The van der Waals surface area contributed by atoms with Gasteiger partial charge in [0.1, 0.15) is 92.6 Å². The van der Waals surface area contributed by atoms with E-state index in [2.05, 4.69) is 58.9 Å². The standard InChI is InChI=1S/C90H165O25P/c1-6-10-14-18-22-25-28-31-32-35-38-41-44-52-58-64-76(95)112-85-81(100)82(101)86(113-89-83(102)79(98)77(96)71(65-91)110-89)88(87(85)114-90-84(103)80(99)78(97)72(111-90)68-107-74(93)62-56-49-42-39-36-33-29-26-23-19-15-11-7-2)115-116(104,105)108-67-70(109-75(94)63-57-51-43-40-37-34-30-27-24-20-16-12-8-3)66-106-73(92)61-55-50-46-45-48-54-60-69(5)59-53-47-21-17-13-9-4/h25,28,34,37,69-72,77-91,96-103H,6-24,26-27,29-33,35-36,38-68H2,1-5H3,(H,104,105)/b28-25-,37-34-. The number of rotatable bonds is 74. The van der Waals surface area contributed by atoms with E-state index in [1.165, 1.54) is 154 Å². The number of esters is 4. The van der Waals surface area contributed by atoms with Gasteiger partial charge in [0.2, 0.25) is 0 Å². The molecule has 10 N–H and O–H groups in total. The van der Waals surface area contributed by atoms with Crippen LogP contribution in [0.5, 0.6) is 0 Å². The molecule has 3 rings (SSSR count). The van der Waals surface area contributed by atoms with E-state index < -0.39 is 162 Å². The summed E-state index contributed by atoms with van der Waals surface area (Å²) in [5.74, 6) is -2.30. The molecule has 0 bridgehead atoms. The fourth-order valence-corrected chi connectivity index (χ4v) is 16.3. The van der Waals surface area contributed by atoms with Crippen LogP contribution < -0.4 is 0 Å². The van der Waals surface area contributed by atoms with Crippen molar-refractivity contribution in [3.63, 3.8) is 0 Å². The van der Waals surface area contributed by atoms with Crippen molar-refractivity contribution in [3.8, 4) is 0 Å². The molecular weight excluding hydrogens is 1510 g/mol. The zero-order chi connectivity index (χ0) is 84.8. The number of aliphatic hydroxyl groups is 9. The highest BCUT2D eigenvalue weighted by atomic mass is 31.2. The van der Waals surface area contributed by atoms with Gasteiger partial charge in [-0.3, -0.25) is 28.2 Å². The first-order valence-electron chi connectivity index (χ1n) is 46.5. The van der Waals surface area contributed by atoms with Crippen LogP contribution in [0.2, 0.25) is 0 Å². The lowest BCUT2D eigenvalue weighted by atomic mass is 9.84. The summed E-state index contributed by atoms with van der Waals surface area (Å²) in [5, 5.41) is 102. The maximum absolute atomic E-state index is 14.9. The van der Waals surface area contributed by atoms with Crippen LogP contribution in [0.25, 0.3) is 0 Å². The summed E-state index contributed by atoms with van der Waals surface area (Å²) in [6.07, 6.45) is 26.2. The van der Waals surface area contributed by atoms with Crippen molar-refractivity contribution in [2.45, 2.75) is 492 Å². The number of hydrogen-bond donors (Lipinski definition) is 10. The molecule has 0 radical (unpaired) electrons. The van der Waals surface area contributed by atoms with Crippen molar-refractivity contribution in [3.05, 3.63) is 24.3 Å². The number of phosphoric ester groups is 1. The lowest BCUT2D eigenvalue weighted by Gasteiger charge is -2.50. The largest absolute Gasteiger partial charge is 0.472 e. The van der Waals surface area contributed by atoms with Gasteiger partial charge >= 0.3 is 31.7 Å². The second-order valence-electron chi connectivity index (χ2n) is 33.4. The summed E-state index contributed by atoms with van der Waals surface area (Å²) in [6, 6.07) is 0. The molecule has 2 aliphatic heterocycles. The van der Waals surface area contributed by atoms with Crippen LogP contribution in [-0.4, -0.2) is 205 Å². The van der Waals surface area contributed by atoms with E-state index in [-0.39, 0.29) is 25.7 Å². The molecule has 19 unspecified atom stereocenters. The van der Waals surface area contributed by atoms with Gasteiger partial charge in [-0.1, -0.05) is 309 Å². The smallest absolute Gasteiger partial charge is 0.463 e. The van der Waals surface area contributed by atoms with Crippen LogP contribution in [-0.2, 0) is 70.7 Å². The summed E-state index contributed by atoms with van der Waals surface area (Å²) in [5.41, 5.74) is 0. The van der Waals surface area contributed by atoms with Crippen molar-refractivity contribution >= 4 is 31.7 Å². The third kappa shape index (κ3) is 48.7. The minimum atomic E-state index is -5.81. The van der Waals surface area contributed by atoms with E-state index in [0.29, 0.717) is 44.4 Å². The Hall–Kier alpha value is -3.05. The summed E-state index contributed by atoms with van der Waals surface area (Å²) in [7, 11) is -5.81. The molecule has 0 spiro atoms. The number of unbranched alkanes of at least 4 members (excludes halogenated alkanes) is 42. The number of hydrogen-bond acceptors (Lipinski definition) is 24. The number of aliphatic hydroxyl groups excluding tert-OH is 9. The predicted octanol–water partition coefficient (Wildman–Crippen LogP) is 16.8. The Bertz CT molecular complexity index is 2530. The van der Waals surface area contributed by atoms with Crippen LogP contribution in [0.4, 0.5) is 0 Å². The van der Waals surface area contributed by atoms with E-state index in [0.717, 1.165) is 135 Å². The van der Waals surface area contributed by atoms with Gasteiger partial charge in [0.25, 0.3) is 0 Å².